The smallest absolute Gasteiger partial charge is 0.407 e. The lowest BCUT2D eigenvalue weighted by Crippen LogP contribution is -2.29. The van der Waals surface area contributed by atoms with Gasteiger partial charge in [-0.1, -0.05) is 19.4 Å². The van der Waals surface area contributed by atoms with Gasteiger partial charge in [0.1, 0.15) is 0 Å². The first kappa shape index (κ1) is 11.0. The molecule has 1 aromatic rings. The number of thiophene rings is 1. The Labute approximate surface area is 88.0 Å². The number of unbranched alkanes of at least 4 members (excludes halogenated alkanes) is 1. The van der Waals surface area contributed by atoms with Crippen LogP contribution >= 0.6 is 11.3 Å². The maximum absolute atomic E-state index is 10.9. The Morgan fingerprint density at radius 3 is 2.93 bits per heavy atom. The van der Waals surface area contributed by atoms with E-state index in [1.807, 2.05) is 17.5 Å². The third-order valence-electron chi connectivity index (χ3n) is 1.98. The zero-order valence-electron chi connectivity index (χ0n) is 8.27. The maximum Gasteiger partial charge on any atom is 0.407 e. The fourth-order valence-electron chi connectivity index (χ4n) is 1.18. The third kappa shape index (κ3) is 3.38. The van der Waals surface area contributed by atoms with Gasteiger partial charge in [0.2, 0.25) is 0 Å². The van der Waals surface area contributed by atoms with Crippen LogP contribution in [0.15, 0.2) is 17.5 Å². The Morgan fingerprint density at radius 2 is 2.43 bits per heavy atom. The lowest BCUT2D eigenvalue weighted by molar-refractivity contribution is 0.142. The lowest BCUT2D eigenvalue weighted by atomic mass is 10.3. The van der Waals surface area contributed by atoms with Crippen molar-refractivity contribution < 1.29 is 9.90 Å². The minimum atomic E-state index is -0.827. The lowest BCUT2D eigenvalue weighted by Gasteiger charge is -2.17. The highest BCUT2D eigenvalue weighted by atomic mass is 32.1. The van der Waals surface area contributed by atoms with E-state index in [9.17, 15) is 4.79 Å². The first-order valence-electron chi connectivity index (χ1n) is 4.74. The second-order valence-electron chi connectivity index (χ2n) is 3.14. The number of carbonyl (C=O) groups is 1. The Balaban J connectivity index is 2.47. The summed E-state index contributed by atoms with van der Waals surface area (Å²) in [6.07, 6.45) is 1.12. The summed E-state index contributed by atoms with van der Waals surface area (Å²) in [6.45, 7) is 3.21. The van der Waals surface area contributed by atoms with Crippen LogP contribution in [0.5, 0.6) is 0 Å². The molecular formula is C10H15NO2S. The van der Waals surface area contributed by atoms with Gasteiger partial charge in [0.05, 0.1) is 6.54 Å². The predicted molar refractivity (Wildman–Crippen MR) is 57.7 cm³/mol. The highest BCUT2D eigenvalue weighted by Gasteiger charge is 2.11. The number of hydrogen-bond donors (Lipinski definition) is 1. The summed E-state index contributed by atoms with van der Waals surface area (Å²) in [5.74, 6) is 0. The van der Waals surface area contributed by atoms with Crippen LogP contribution in [0.4, 0.5) is 4.79 Å². The van der Waals surface area contributed by atoms with E-state index in [0.29, 0.717) is 13.1 Å². The van der Waals surface area contributed by atoms with E-state index in [4.69, 9.17) is 5.11 Å². The molecule has 1 amide bonds. The summed E-state index contributed by atoms with van der Waals surface area (Å²) in [5.41, 5.74) is 0. The van der Waals surface area contributed by atoms with Crippen molar-refractivity contribution in [3.63, 3.8) is 0 Å². The van der Waals surface area contributed by atoms with Crippen molar-refractivity contribution in [1.29, 1.82) is 0 Å². The number of hydrogen-bond acceptors (Lipinski definition) is 2. The average Bonchev–Trinajstić information content (AvgIpc) is 2.64. The van der Waals surface area contributed by atoms with E-state index in [-0.39, 0.29) is 0 Å². The summed E-state index contributed by atoms with van der Waals surface area (Å²) in [5, 5.41) is 10.9. The van der Waals surface area contributed by atoms with Crippen molar-refractivity contribution in [3.05, 3.63) is 22.4 Å². The van der Waals surface area contributed by atoms with Gasteiger partial charge in [-0.05, 0) is 17.9 Å². The molecule has 1 aromatic heterocycles. The van der Waals surface area contributed by atoms with Gasteiger partial charge < -0.3 is 10.0 Å². The second kappa shape index (κ2) is 5.65. The standard InChI is InChI=1S/C10H15NO2S/c1-2-3-6-11(10(12)13)8-9-5-4-7-14-9/h4-5,7H,2-3,6,8H2,1H3,(H,12,13). The van der Waals surface area contributed by atoms with Crippen LogP contribution in [-0.4, -0.2) is 22.6 Å². The Kier molecular flexibility index (Phi) is 4.46. The molecule has 0 spiro atoms. The molecule has 0 aromatic carbocycles. The van der Waals surface area contributed by atoms with Crippen molar-refractivity contribution in [2.45, 2.75) is 26.3 Å². The van der Waals surface area contributed by atoms with E-state index in [0.717, 1.165) is 17.7 Å². The van der Waals surface area contributed by atoms with Crippen LogP contribution in [0, 0.1) is 0 Å². The van der Waals surface area contributed by atoms with Crippen LogP contribution in [0.3, 0.4) is 0 Å². The summed E-state index contributed by atoms with van der Waals surface area (Å²) in [7, 11) is 0. The highest BCUT2D eigenvalue weighted by molar-refractivity contribution is 7.09. The second-order valence-corrected chi connectivity index (χ2v) is 4.17. The molecule has 0 saturated heterocycles. The van der Waals surface area contributed by atoms with Gasteiger partial charge in [-0.3, -0.25) is 0 Å². The molecule has 0 unspecified atom stereocenters. The van der Waals surface area contributed by atoms with Gasteiger partial charge in [0.15, 0.2) is 0 Å². The topological polar surface area (TPSA) is 40.5 Å². The molecule has 1 rings (SSSR count). The summed E-state index contributed by atoms with van der Waals surface area (Å²) >= 11 is 1.60. The zero-order valence-corrected chi connectivity index (χ0v) is 9.09. The molecule has 0 aliphatic heterocycles. The van der Waals surface area contributed by atoms with E-state index in [2.05, 4.69) is 6.92 Å². The van der Waals surface area contributed by atoms with Crippen LogP contribution in [0.2, 0.25) is 0 Å². The third-order valence-corrected chi connectivity index (χ3v) is 2.84. The number of carboxylic acid groups (broad SMARTS) is 1. The molecule has 1 heterocycles. The molecular weight excluding hydrogens is 198 g/mol. The average molecular weight is 213 g/mol. The minimum absolute atomic E-state index is 0.521. The van der Waals surface area contributed by atoms with Gasteiger partial charge >= 0.3 is 6.09 Å². The SMILES string of the molecule is CCCCN(Cc1cccs1)C(=O)O. The van der Waals surface area contributed by atoms with Crippen molar-refractivity contribution in [2.24, 2.45) is 0 Å². The fraction of sp³-hybridized carbons (Fsp3) is 0.500. The van der Waals surface area contributed by atoms with Gasteiger partial charge in [-0.15, -0.1) is 11.3 Å². The molecule has 4 heteroatoms. The largest absolute Gasteiger partial charge is 0.465 e. The summed E-state index contributed by atoms with van der Waals surface area (Å²) in [4.78, 5) is 13.4. The normalized spacial score (nSPS) is 10.1. The summed E-state index contributed by atoms with van der Waals surface area (Å²) < 4.78 is 0. The molecule has 78 valence electrons. The predicted octanol–water partition coefficient (Wildman–Crippen LogP) is 3.03. The van der Waals surface area contributed by atoms with Crippen LogP contribution in [-0.2, 0) is 6.54 Å². The van der Waals surface area contributed by atoms with Gasteiger partial charge in [0, 0.05) is 11.4 Å². The summed E-state index contributed by atoms with van der Waals surface area (Å²) in [6, 6.07) is 3.91. The van der Waals surface area contributed by atoms with E-state index in [1.165, 1.54) is 4.90 Å². The van der Waals surface area contributed by atoms with Crippen molar-refractivity contribution in [1.82, 2.24) is 4.90 Å². The van der Waals surface area contributed by atoms with Gasteiger partial charge in [0.25, 0.3) is 0 Å². The molecule has 0 atom stereocenters. The van der Waals surface area contributed by atoms with Gasteiger partial charge in [-0.25, -0.2) is 4.79 Å². The van der Waals surface area contributed by atoms with Crippen LogP contribution in [0.1, 0.15) is 24.6 Å². The molecule has 14 heavy (non-hydrogen) atoms. The number of nitrogens with zero attached hydrogens (tertiary/aromatic N) is 1. The zero-order chi connectivity index (χ0) is 10.4. The Morgan fingerprint density at radius 1 is 1.64 bits per heavy atom. The first-order valence-corrected chi connectivity index (χ1v) is 5.62. The molecule has 3 nitrogen and oxygen atoms in total. The maximum atomic E-state index is 10.9. The molecule has 0 fully saturated rings. The van der Waals surface area contributed by atoms with Crippen molar-refractivity contribution >= 4 is 17.4 Å². The van der Waals surface area contributed by atoms with E-state index >= 15 is 0 Å². The molecule has 1 N–H and O–H groups in total. The molecule has 0 aliphatic carbocycles. The molecule has 0 saturated carbocycles. The molecule has 0 radical (unpaired) electrons. The number of amides is 1. The van der Waals surface area contributed by atoms with Crippen LogP contribution < -0.4 is 0 Å². The van der Waals surface area contributed by atoms with Crippen molar-refractivity contribution in [3.8, 4) is 0 Å². The Hall–Kier alpha value is -1.03. The van der Waals surface area contributed by atoms with Gasteiger partial charge in [-0.2, -0.15) is 0 Å². The first-order chi connectivity index (χ1) is 6.74. The molecule has 0 aliphatic rings. The quantitative estimate of drug-likeness (QED) is 0.816. The molecule has 0 bridgehead atoms. The Bertz CT molecular complexity index is 272. The van der Waals surface area contributed by atoms with Crippen LogP contribution in [0.25, 0.3) is 0 Å². The number of rotatable bonds is 5. The highest BCUT2D eigenvalue weighted by Crippen LogP contribution is 2.12. The monoisotopic (exact) mass is 213 g/mol. The minimum Gasteiger partial charge on any atom is -0.465 e. The fourth-order valence-corrected chi connectivity index (χ4v) is 1.90. The van der Waals surface area contributed by atoms with Crippen molar-refractivity contribution in [2.75, 3.05) is 6.54 Å². The van der Waals surface area contributed by atoms with E-state index < -0.39 is 6.09 Å². The van der Waals surface area contributed by atoms with E-state index in [1.54, 1.807) is 11.3 Å².